The summed E-state index contributed by atoms with van der Waals surface area (Å²) in [5, 5.41) is 0. The summed E-state index contributed by atoms with van der Waals surface area (Å²) in [5.41, 5.74) is 0.417. The maximum absolute atomic E-state index is 11.5. The van der Waals surface area contributed by atoms with Crippen LogP contribution in [0, 0.1) is 0 Å². The molecule has 0 bridgehead atoms. The molecule has 0 radical (unpaired) electrons. The van der Waals surface area contributed by atoms with E-state index in [2.05, 4.69) is 0 Å². The van der Waals surface area contributed by atoms with E-state index in [1.165, 1.54) is 6.26 Å². The van der Waals surface area contributed by atoms with E-state index in [-0.39, 0.29) is 12.1 Å². The summed E-state index contributed by atoms with van der Waals surface area (Å²) in [7, 11) is 0. The topological polar surface area (TPSA) is 44.8 Å². The van der Waals surface area contributed by atoms with Crippen LogP contribution in [0.15, 0.2) is 11.8 Å². The minimum absolute atomic E-state index is 0.305. The first-order chi connectivity index (χ1) is 7.17. The van der Waals surface area contributed by atoms with Crippen LogP contribution in [0.5, 0.6) is 0 Å². The Labute approximate surface area is 91.2 Å². The largest absolute Gasteiger partial charge is 0.501 e. The molecular formula is C11H20O4. The second kappa shape index (κ2) is 8.29. The first-order valence-corrected chi connectivity index (χ1v) is 5.27. The van der Waals surface area contributed by atoms with E-state index in [9.17, 15) is 4.79 Å². The lowest BCUT2D eigenvalue weighted by Gasteiger charge is -2.14. The molecule has 0 aliphatic rings. The molecule has 0 saturated carbocycles. The predicted octanol–water partition coefficient (Wildman–Crippen LogP) is 1.89. The minimum Gasteiger partial charge on any atom is -0.501 e. The Hall–Kier alpha value is -1.03. The summed E-state index contributed by atoms with van der Waals surface area (Å²) in [6, 6.07) is 0. The van der Waals surface area contributed by atoms with Gasteiger partial charge in [0, 0.05) is 6.61 Å². The van der Waals surface area contributed by atoms with Crippen LogP contribution in [-0.4, -0.2) is 31.9 Å². The lowest BCUT2D eigenvalue weighted by Crippen LogP contribution is -2.21. The van der Waals surface area contributed by atoms with Gasteiger partial charge in [-0.15, -0.1) is 0 Å². The first-order valence-electron chi connectivity index (χ1n) is 5.27. The van der Waals surface area contributed by atoms with Crippen LogP contribution in [0.1, 0.15) is 27.7 Å². The van der Waals surface area contributed by atoms with Crippen molar-refractivity contribution in [3.8, 4) is 0 Å². The van der Waals surface area contributed by atoms with Gasteiger partial charge in [0.15, 0.2) is 0 Å². The Morgan fingerprint density at radius 1 is 1.20 bits per heavy atom. The van der Waals surface area contributed by atoms with Gasteiger partial charge in [0.05, 0.1) is 31.2 Å². The van der Waals surface area contributed by atoms with Crippen LogP contribution in [0.3, 0.4) is 0 Å². The molecule has 88 valence electrons. The summed E-state index contributed by atoms with van der Waals surface area (Å²) in [6.45, 7) is 8.70. The maximum atomic E-state index is 11.5. The molecule has 0 N–H and O–H groups in total. The number of carbonyl (C=O) groups is 1. The van der Waals surface area contributed by atoms with Gasteiger partial charge in [-0.3, -0.25) is 0 Å². The zero-order valence-corrected chi connectivity index (χ0v) is 9.91. The van der Waals surface area contributed by atoms with E-state index in [0.717, 1.165) is 0 Å². The molecular weight excluding hydrogens is 196 g/mol. The number of hydrogen-bond donors (Lipinski definition) is 0. The van der Waals surface area contributed by atoms with Crippen molar-refractivity contribution in [1.29, 1.82) is 0 Å². The van der Waals surface area contributed by atoms with Crippen molar-refractivity contribution in [2.24, 2.45) is 0 Å². The highest BCUT2D eigenvalue weighted by molar-refractivity contribution is 5.89. The van der Waals surface area contributed by atoms with Crippen LogP contribution < -0.4 is 0 Å². The molecule has 0 saturated heterocycles. The fourth-order valence-electron chi connectivity index (χ4n) is 1.04. The van der Waals surface area contributed by atoms with Crippen LogP contribution in [0.4, 0.5) is 0 Å². The molecule has 0 aromatic heterocycles. The van der Waals surface area contributed by atoms with Gasteiger partial charge in [-0.1, -0.05) is 0 Å². The van der Waals surface area contributed by atoms with Crippen molar-refractivity contribution in [3.05, 3.63) is 11.8 Å². The molecule has 1 atom stereocenters. The molecule has 0 aliphatic carbocycles. The highest BCUT2D eigenvalue weighted by Crippen LogP contribution is 2.09. The summed E-state index contributed by atoms with van der Waals surface area (Å²) < 4.78 is 15.3. The molecule has 4 heteroatoms. The van der Waals surface area contributed by atoms with E-state index in [1.54, 1.807) is 13.8 Å². The number of ether oxygens (including phenoxy) is 3. The molecule has 15 heavy (non-hydrogen) atoms. The molecule has 0 heterocycles. The Kier molecular flexibility index (Phi) is 7.72. The number of hydrogen-bond acceptors (Lipinski definition) is 4. The first kappa shape index (κ1) is 14.0. The van der Waals surface area contributed by atoms with Crippen molar-refractivity contribution in [2.45, 2.75) is 33.8 Å². The second-order valence-electron chi connectivity index (χ2n) is 2.85. The van der Waals surface area contributed by atoms with Gasteiger partial charge in [0.2, 0.25) is 0 Å². The van der Waals surface area contributed by atoms with E-state index in [4.69, 9.17) is 14.2 Å². The molecule has 0 amide bonds. The van der Waals surface area contributed by atoms with E-state index in [1.807, 2.05) is 13.8 Å². The Balaban J connectivity index is 4.49. The van der Waals surface area contributed by atoms with Crippen LogP contribution in [-0.2, 0) is 19.0 Å². The minimum atomic E-state index is -0.382. The predicted molar refractivity (Wildman–Crippen MR) is 57.4 cm³/mol. The van der Waals surface area contributed by atoms with Crippen molar-refractivity contribution in [2.75, 3.05) is 19.8 Å². The van der Waals surface area contributed by atoms with Crippen molar-refractivity contribution < 1.29 is 19.0 Å². The highest BCUT2D eigenvalue weighted by atomic mass is 16.5. The molecule has 0 spiro atoms. The highest BCUT2D eigenvalue weighted by Gasteiger charge is 2.18. The second-order valence-corrected chi connectivity index (χ2v) is 2.85. The fourth-order valence-corrected chi connectivity index (χ4v) is 1.04. The van der Waals surface area contributed by atoms with Gasteiger partial charge >= 0.3 is 5.97 Å². The normalized spacial score (nSPS) is 13.5. The zero-order valence-electron chi connectivity index (χ0n) is 9.91. The van der Waals surface area contributed by atoms with Gasteiger partial charge in [-0.05, 0) is 27.7 Å². The average molecular weight is 216 g/mol. The van der Waals surface area contributed by atoms with Crippen molar-refractivity contribution >= 4 is 5.97 Å². The molecule has 1 unspecified atom stereocenters. The summed E-state index contributed by atoms with van der Waals surface area (Å²) in [6.07, 6.45) is 1.11. The Bertz CT molecular complexity index is 211. The molecule has 0 fully saturated rings. The summed E-state index contributed by atoms with van der Waals surface area (Å²) >= 11 is 0. The summed E-state index contributed by atoms with van der Waals surface area (Å²) in [4.78, 5) is 11.5. The Morgan fingerprint density at radius 2 is 1.87 bits per heavy atom. The smallest absolute Gasteiger partial charge is 0.339 e. The van der Waals surface area contributed by atoms with Gasteiger partial charge in [-0.25, -0.2) is 4.79 Å². The third-order valence-corrected chi connectivity index (χ3v) is 1.74. The molecule has 0 aromatic rings. The van der Waals surface area contributed by atoms with Crippen LogP contribution >= 0.6 is 0 Å². The maximum Gasteiger partial charge on any atom is 0.339 e. The number of carbonyl (C=O) groups excluding carboxylic acids is 1. The van der Waals surface area contributed by atoms with Crippen LogP contribution in [0.2, 0.25) is 0 Å². The molecule has 4 nitrogen and oxygen atoms in total. The number of rotatable bonds is 7. The van der Waals surface area contributed by atoms with Gasteiger partial charge in [-0.2, -0.15) is 0 Å². The van der Waals surface area contributed by atoms with Crippen LogP contribution in [0.25, 0.3) is 0 Å². The molecule has 0 rings (SSSR count). The monoisotopic (exact) mass is 216 g/mol. The molecule has 0 aromatic carbocycles. The summed E-state index contributed by atoms with van der Waals surface area (Å²) in [5.74, 6) is -0.382. The lowest BCUT2D eigenvalue weighted by atomic mass is 10.2. The van der Waals surface area contributed by atoms with Crippen molar-refractivity contribution in [1.82, 2.24) is 0 Å². The quantitative estimate of drug-likeness (QED) is 0.370. The SMILES string of the molecule is CCO/C=C(/C(=O)OCC)C(C)OCC. The number of esters is 1. The lowest BCUT2D eigenvalue weighted by molar-refractivity contribution is -0.140. The van der Waals surface area contributed by atoms with Gasteiger partial charge in [0.25, 0.3) is 0 Å². The molecule has 0 aliphatic heterocycles. The van der Waals surface area contributed by atoms with E-state index in [0.29, 0.717) is 25.4 Å². The Morgan fingerprint density at radius 3 is 2.33 bits per heavy atom. The third-order valence-electron chi connectivity index (χ3n) is 1.74. The van der Waals surface area contributed by atoms with Crippen molar-refractivity contribution in [3.63, 3.8) is 0 Å². The standard InChI is InChI=1S/C11H20O4/c1-5-13-8-10(9(4)14-6-2)11(12)15-7-3/h8-9H,5-7H2,1-4H3/b10-8+. The average Bonchev–Trinajstić information content (AvgIpc) is 2.19. The zero-order chi connectivity index (χ0) is 11.7. The fraction of sp³-hybridized carbons (Fsp3) is 0.727. The van der Waals surface area contributed by atoms with E-state index < -0.39 is 0 Å². The van der Waals surface area contributed by atoms with Gasteiger partial charge < -0.3 is 14.2 Å². The third kappa shape index (κ3) is 5.42. The van der Waals surface area contributed by atoms with E-state index >= 15 is 0 Å². The van der Waals surface area contributed by atoms with Gasteiger partial charge in [0.1, 0.15) is 0 Å².